The number of nitrogens with zero attached hydrogens (tertiary/aromatic N) is 1. The first-order chi connectivity index (χ1) is 11.8. The lowest BCUT2D eigenvalue weighted by Gasteiger charge is -2.45. The molecule has 0 unspecified atom stereocenters. The van der Waals surface area contributed by atoms with Crippen LogP contribution in [0.25, 0.3) is 0 Å². The van der Waals surface area contributed by atoms with Crippen LogP contribution in [0.1, 0.15) is 37.3 Å². The fourth-order valence-electron chi connectivity index (χ4n) is 3.21. The third-order valence-electron chi connectivity index (χ3n) is 4.53. The summed E-state index contributed by atoms with van der Waals surface area (Å²) in [4.78, 5) is 11.6. The molecule has 5 nitrogen and oxygen atoms in total. The van der Waals surface area contributed by atoms with E-state index in [1.165, 1.54) is 0 Å². The Morgan fingerprint density at radius 1 is 1.23 bits per heavy atom. The van der Waals surface area contributed by atoms with Gasteiger partial charge in [0.05, 0.1) is 11.7 Å². The van der Waals surface area contributed by atoms with Crippen LogP contribution in [0.15, 0.2) is 12.1 Å². The van der Waals surface area contributed by atoms with E-state index in [0.717, 1.165) is 16.6 Å². The molecule has 1 aromatic rings. The van der Waals surface area contributed by atoms with Gasteiger partial charge < -0.3 is 5.73 Å². The number of amides is 1. The first-order valence-corrected chi connectivity index (χ1v) is 9.78. The van der Waals surface area contributed by atoms with E-state index in [-0.39, 0.29) is 12.1 Å². The third-order valence-corrected chi connectivity index (χ3v) is 5.78. The summed E-state index contributed by atoms with van der Waals surface area (Å²) in [5, 5.41) is 0. The van der Waals surface area contributed by atoms with Crippen LogP contribution in [-0.2, 0) is 26.8 Å². The minimum absolute atomic E-state index is 0.110. The van der Waals surface area contributed by atoms with Gasteiger partial charge in [-0.2, -0.15) is 4.31 Å². The maximum absolute atomic E-state index is 14.5. The summed E-state index contributed by atoms with van der Waals surface area (Å²) in [6, 6.07) is 1.40. The third kappa shape index (κ3) is 3.85. The molecular weight excluding hydrogens is 376 g/mol. The van der Waals surface area contributed by atoms with Crippen LogP contribution < -0.4 is 5.73 Å². The molecule has 26 heavy (non-hydrogen) atoms. The predicted molar refractivity (Wildman–Crippen MR) is 87.0 cm³/mol. The smallest absolute Gasteiger partial charge is 0.250 e. The molecule has 10 heteroatoms. The molecule has 1 fully saturated rings. The zero-order chi connectivity index (χ0) is 19.9. The van der Waals surface area contributed by atoms with Crippen LogP contribution in [0.5, 0.6) is 0 Å². The Morgan fingerprint density at radius 3 is 2.23 bits per heavy atom. The lowest BCUT2D eigenvalue weighted by molar-refractivity contribution is -0.156. The second-order valence-electron chi connectivity index (χ2n) is 6.68. The summed E-state index contributed by atoms with van der Waals surface area (Å²) in [5.74, 6) is -6.38. The Labute approximate surface area is 149 Å². The highest BCUT2D eigenvalue weighted by molar-refractivity contribution is 7.88. The van der Waals surface area contributed by atoms with E-state index in [1.54, 1.807) is 6.92 Å². The van der Waals surface area contributed by atoms with Crippen molar-refractivity contribution < 1.29 is 30.8 Å². The van der Waals surface area contributed by atoms with Gasteiger partial charge in [-0.3, -0.25) is 4.79 Å². The van der Waals surface area contributed by atoms with Gasteiger partial charge in [-0.1, -0.05) is 6.92 Å². The zero-order valence-corrected chi connectivity index (χ0v) is 15.2. The lowest BCUT2D eigenvalue weighted by Crippen LogP contribution is -2.57. The molecule has 0 bridgehead atoms. The van der Waals surface area contributed by atoms with Gasteiger partial charge in [0, 0.05) is 37.1 Å². The van der Waals surface area contributed by atoms with Gasteiger partial charge in [0.2, 0.25) is 15.9 Å². The van der Waals surface area contributed by atoms with Crippen LogP contribution in [0.3, 0.4) is 0 Å². The molecule has 0 spiro atoms. The average Bonchev–Trinajstić information content (AvgIpc) is 2.45. The molecule has 1 aliphatic carbocycles. The van der Waals surface area contributed by atoms with E-state index < -0.39 is 63.9 Å². The molecule has 1 saturated carbocycles. The first kappa shape index (κ1) is 20.6. The van der Waals surface area contributed by atoms with Crippen molar-refractivity contribution >= 4 is 15.9 Å². The minimum atomic E-state index is -3.64. The quantitative estimate of drug-likeness (QED) is 0.718. The summed E-state index contributed by atoms with van der Waals surface area (Å²) >= 11 is 0. The number of hydrogen-bond acceptors (Lipinski definition) is 3. The predicted octanol–water partition coefficient (Wildman–Crippen LogP) is 2.29. The van der Waals surface area contributed by atoms with Crippen molar-refractivity contribution in [3.05, 3.63) is 34.9 Å². The number of rotatable bonds is 7. The van der Waals surface area contributed by atoms with Gasteiger partial charge in [-0.15, -0.1) is 0 Å². The lowest BCUT2D eigenvalue weighted by atomic mass is 9.61. The minimum Gasteiger partial charge on any atom is -0.369 e. The van der Waals surface area contributed by atoms with Crippen LogP contribution in [0.2, 0.25) is 0 Å². The zero-order valence-electron chi connectivity index (χ0n) is 14.4. The summed E-state index contributed by atoms with van der Waals surface area (Å²) in [5.41, 5.74) is 2.42. The molecule has 1 aromatic carbocycles. The van der Waals surface area contributed by atoms with Gasteiger partial charge in [0.1, 0.15) is 11.6 Å². The maximum atomic E-state index is 14.5. The van der Waals surface area contributed by atoms with E-state index >= 15 is 0 Å². The Bertz CT molecular complexity index is 819. The number of benzene rings is 1. The van der Waals surface area contributed by atoms with Crippen LogP contribution >= 0.6 is 0 Å². The summed E-state index contributed by atoms with van der Waals surface area (Å²) < 4.78 is 79.9. The standard InChI is InChI=1S/C16H20F4N2O3S/c1-3-4-22(26(2,24)25)7-10-5-13(18)11(6-12(10)17)15(14(21)23)8-16(19,20)9-15/h5-6H,3-4,7-9H2,1-2H3,(H2,21,23). The number of hydrogen-bond donors (Lipinski definition) is 1. The molecule has 0 saturated heterocycles. The maximum Gasteiger partial charge on any atom is 0.250 e. The van der Waals surface area contributed by atoms with Crippen LogP contribution in [-0.4, -0.2) is 37.4 Å². The Morgan fingerprint density at radius 2 is 1.81 bits per heavy atom. The number of sulfonamides is 1. The molecule has 0 heterocycles. The Hall–Kier alpha value is -1.68. The fraction of sp³-hybridized carbons (Fsp3) is 0.562. The summed E-state index contributed by atoms with van der Waals surface area (Å²) in [6.45, 7) is 1.43. The molecule has 0 radical (unpaired) electrons. The molecule has 2 rings (SSSR count). The normalized spacial score (nSPS) is 18.6. The van der Waals surface area contributed by atoms with Crippen molar-refractivity contribution in [3.63, 3.8) is 0 Å². The number of carbonyl (C=O) groups excluding carboxylic acids is 1. The van der Waals surface area contributed by atoms with Gasteiger partial charge in [0.25, 0.3) is 5.92 Å². The second-order valence-corrected chi connectivity index (χ2v) is 8.66. The molecule has 1 aliphatic rings. The monoisotopic (exact) mass is 396 g/mol. The van der Waals surface area contributed by atoms with Crippen molar-refractivity contribution in [1.82, 2.24) is 4.31 Å². The van der Waals surface area contributed by atoms with Crippen molar-refractivity contribution in [2.45, 2.75) is 44.1 Å². The molecule has 1 amide bonds. The highest BCUT2D eigenvalue weighted by Crippen LogP contribution is 2.54. The molecule has 0 aliphatic heterocycles. The van der Waals surface area contributed by atoms with Crippen LogP contribution in [0, 0.1) is 11.6 Å². The summed E-state index contributed by atoms with van der Waals surface area (Å²) in [7, 11) is -3.64. The fourth-order valence-corrected chi connectivity index (χ4v) is 4.09. The molecular formula is C16H20F4N2O3S. The second kappa shape index (κ2) is 6.80. The SMILES string of the molecule is CCCN(Cc1cc(F)c(C2(C(N)=O)CC(F)(F)C2)cc1F)S(C)(=O)=O. The Balaban J connectivity index is 2.41. The Kier molecular flexibility index (Phi) is 5.40. The molecule has 0 aromatic heterocycles. The van der Waals surface area contributed by atoms with Crippen molar-refractivity contribution in [3.8, 4) is 0 Å². The number of nitrogens with two attached hydrogens (primary N) is 1. The van der Waals surface area contributed by atoms with Crippen molar-refractivity contribution in [2.24, 2.45) is 5.73 Å². The van der Waals surface area contributed by atoms with E-state index in [0.29, 0.717) is 12.5 Å². The van der Waals surface area contributed by atoms with Crippen LogP contribution in [0.4, 0.5) is 17.6 Å². The van der Waals surface area contributed by atoms with Crippen molar-refractivity contribution in [2.75, 3.05) is 12.8 Å². The van der Waals surface area contributed by atoms with Crippen molar-refractivity contribution in [1.29, 1.82) is 0 Å². The number of halogens is 4. The molecule has 2 N–H and O–H groups in total. The number of carbonyl (C=O) groups is 1. The number of alkyl halides is 2. The average molecular weight is 396 g/mol. The first-order valence-electron chi connectivity index (χ1n) is 7.93. The topological polar surface area (TPSA) is 80.5 Å². The molecule has 0 atom stereocenters. The van der Waals surface area contributed by atoms with E-state index in [1.807, 2.05) is 0 Å². The summed E-state index contributed by atoms with van der Waals surface area (Å²) in [6.07, 6.45) is -0.564. The van der Waals surface area contributed by atoms with Gasteiger partial charge in [0.15, 0.2) is 0 Å². The highest BCUT2D eigenvalue weighted by atomic mass is 32.2. The van der Waals surface area contributed by atoms with E-state index in [4.69, 9.17) is 5.73 Å². The largest absolute Gasteiger partial charge is 0.369 e. The van der Waals surface area contributed by atoms with Gasteiger partial charge >= 0.3 is 0 Å². The molecule has 146 valence electrons. The van der Waals surface area contributed by atoms with E-state index in [2.05, 4.69) is 0 Å². The van der Waals surface area contributed by atoms with Gasteiger partial charge in [-0.25, -0.2) is 26.0 Å². The number of primary amides is 1. The van der Waals surface area contributed by atoms with Gasteiger partial charge in [-0.05, 0) is 18.6 Å². The van der Waals surface area contributed by atoms with E-state index in [9.17, 15) is 30.8 Å². The highest BCUT2D eigenvalue weighted by Gasteiger charge is 2.62.